The van der Waals surface area contributed by atoms with Crippen molar-refractivity contribution in [1.29, 1.82) is 0 Å². The third kappa shape index (κ3) is 7.65. The van der Waals surface area contributed by atoms with E-state index in [2.05, 4.69) is 27.8 Å². The van der Waals surface area contributed by atoms with Crippen molar-refractivity contribution >= 4 is 34.1 Å². The number of hydrogen-bond donors (Lipinski definition) is 4. The molecule has 0 aliphatic carbocycles. The van der Waals surface area contributed by atoms with Gasteiger partial charge in [0.05, 0.1) is 6.42 Å². The zero-order chi connectivity index (χ0) is 17.4. The van der Waals surface area contributed by atoms with Gasteiger partial charge in [0.1, 0.15) is 0 Å². The van der Waals surface area contributed by atoms with Gasteiger partial charge in [-0.3, -0.25) is 4.79 Å². The summed E-state index contributed by atoms with van der Waals surface area (Å²) < 4.78 is 0. The molecule has 0 radical (unpaired) electrons. The van der Waals surface area contributed by atoms with Crippen LogP contribution in [-0.2, 0) is 11.2 Å². The van der Waals surface area contributed by atoms with E-state index < -0.39 is 0 Å². The maximum atomic E-state index is 11.6. The van der Waals surface area contributed by atoms with E-state index in [-0.39, 0.29) is 11.9 Å². The van der Waals surface area contributed by atoms with Crippen LogP contribution in [0, 0.1) is 0 Å². The highest BCUT2D eigenvalue weighted by atomic mass is 32.1. The van der Waals surface area contributed by atoms with Crippen LogP contribution in [0.4, 0.5) is 0 Å². The second-order valence-corrected chi connectivity index (χ2v) is 6.38. The fraction of sp³-hybridized carbons (Fsp3) is 0.412. The predicted octanol–water partition coefficient (Wildman–Crippen LogP) is 2.46. The average Bonchev–Trinajstić information content (AvgIpc) is 2.78. The number of carbonyl (C=O) groups excluding carboxylic acids is 1. The van der Waals surface area contributed by atoms with E-state index in [0.717, 1.165) is 16.6 Å². The summed E-state index contributed by atoms with van der Waals surface area (Å²) in [5.74, 6) is 0.0570. The Labute approximate surface area is 143 Å². The van der Waals surface area contributed by atoms with Gasteiger partial charge in [-0.2, -0.15) is 0 Å². The Morgan fingerprint density at radius 1 is 1.17 bits per heavy atom. The van der Waals surface area contributed by atoms with Crippen LogP contribution >= 0.6 is 12.2 Å². The van der Waals surface area contributed by atoms with E-state index in [1.807, 2.05) is 58.0 Å². The van der Waals surface area contributed by atoms with E-state index in [0.29, 0.717) is 17.6 Å². The number of rotatable bonds is 4. The molecule has 0 spiro atoms. The smallest absolute Gasteiger partial charge is 0.226 e. The number of carbonyl (C=O) groups is 1. The first kappa shape index (κ1) is 19.0. The summed E-state index contributed by atoms with van der Waals surface area (Å²) in [7, 11) is 0. The molecule has 1 heterocycles. The number of thiocarbonyl (C=S) groups is 1. The van der Waals surface area contributed by atoms with Crippen LogP contribution in [0.25, 0.3) is 10.9 Å². The first-order valence-corrected chi connectivity index (χ1v) is 8.10. The molecule has 0 fully saturated rings. The monoisotopic (exact) mass is 334 g/mol. The Balaban J connectivity index is 0.000000322. The lowest BCUT2D eigenvalue weighted by Gasteiger charge is -2.06. The van der Waals surface area contributed by atoms with E-state index in [1.54, 1.807) is 0 Å². The molecule has 0 aliphatic heterocycles. The van der Waals surface area contributed by atoms with Gasteiger partial charge in [0.15, 0.2) is 5.11 Å². The quantitative estimate of drug-likeness (QED) is 0.647. The number of hydrogen-bond acceptors (Lipinski definition) is 2. The fourth-order valence-corrected chi connectivity index (χ4v) is 2.29. The summed E-state index contributed by atoms with van der Waals surface area (Å²) in [6, 6.07) is 10.6. The molecular weight excluding hydrogens is 308 g/mol. The Morgan fingerprint density at radius 3 is 2.26 bits per heavy atom. The van der Waals surface area contributed by atoms with E-state index in [9.17, 15) is 4.79 Å². The van der Waals surface area contributed by atoms with Gasteiger partial charge >= 0.3 is 0 Å². The molecule has 1 aromatic carbocycles. The van der Waals surface area contributed by atoms with Gasteiger partial charge in [-0.05, 0) is 57.4 Å². The van der Waals surface area contributed by atoms with Gasteiger partial charge in [0.25, 0.3) is 0 Å². The van der Waals surface area contributed by atoms with Gasteiger partial charge in [-0.25, -0.2) is 0 Å². The largest absolute Gasteiger partial charge is 0.376 e. The normalized spacial score (nSPS) is 10.3. The van der Waals surface area contributed by atoms with Crippen LogP contribution in [0.1, 0.15) is 33.4 Å². The number of fused-ring (bicyclic) bond motifs is 1. The number of nitrogens with one attached hydrogen (secondary N) is 3. The minimum atomic E-state index is 0.0570. The first-order valence-electron chi connectivity index (χ1n) is 7.70. The maximum Gasteiger partial charge on any atom is 0.226 e. The number of nitrogens with two attached hydrogens (primary N) is 1. The summed E-state index contributed by atoms with van der Waals surface area (Å²) in [6.07, 6.45) is 0.410. The van der Waals surface area contributed by atoms with Crippen molar-refractivity contribution in [2.24, 2.45) is 5.73 Å². The van der Waals surface area contributed by atoms with Crippen LogP contribution in [0.3, 0.4) is 0 Å². The first-order chi connectivity index (χ1) is 10.8. The minimum absolute atomic E-state index is 0.0570. The molecule has 1 aromatic heterocycles. The van der Waals surface area contributed by atoms with Gasteiger partial charge in [-0.15, -0.1) is 0 Å². The SMILES string of the molecule is CC(C)NC(=O)Cc1cc2ccccc2[nH]1.CC(C)NC(N)=S. The van der Waals surface area contributed by atoms with Crippen LogP contribution in [0.15, 0.2) is 30.3 Å². The molecule has 2 rings (SSSR count). The van der Waals surface area contributed by atoms with Crippen molar-refractivity contribution in [1.82, 2.24) is 15.6 Å². The average molecular weight is 334 g/mol. The molecule has 0 saturated carbocycles. The molecule has 1 amide bonds. The molecule has 23 heavy (non-hydrogen) atoms. The molecule has 0 saturated heterocycles. The van der Waals surface area contributed by atoms with Crippen molar-refractivity contribution in [2.45, 2.75) is 46.2 Å². The van der Waals surface area contributed by atoms with Gasteiger partial charge in [0.2, 0.25) is 5.91 Å². The summed E-state index contributed by atoms with van der Waals surface area (Å²) in [4.78, 5) is 14.8. The molecule has 0 atom stereocenters. The van der Waals surface area contributed by atoms with Crippen molar-refractivity contribution in [3.63, 3.8) is 0 Å². The van der Waals surface area contributed by atoms with Crippen LogP contribution in [-0.4, -0.2) is 28.1 Å². The van der Waals surface area contributed by atoms with Crippen LogP contribution in [0.2, 0.25) is 0 Å². The van der Waals surface area contributed by atoms with Crippen molar-refractivity contribution < 1.29 is 4.79 Å². The van der Waals surface area contributed by atoms with Gasteiger partial charge in [0, 0.05) is 23.3 Å². The highest BCUT2D eigenvalue weighted by Crippen LogP contribution is 2.14. The minimum Gasteiger partial charge on any atom is -0.376 e. The highest BCUT2D eigenvalue weighted by Gasteiger charge is 2.07. The zero-order valence-corrected chi connectivity index (χ0v) is 15.0. The Bertz CT molecular complexity index is 616. The summed E-state index contributed by atoms with van der Waals surface area (Å²) in [5.41, 5.74) is 7.15. The third-order valence-corrected chi connectivity index (χ3v) is 2.94. The van der Waals surface area contributed by atoms with Gasteiger partial charge in [-0.1, -0.05) is 18.2 Å². The number of amides is 1. The fourth-order valence-electron chi connectivity index (χ4n) is 2.06. The highest BCUT2D eigenvalue weighted by molar-refractivity contribution is 7.80. The lowest BCUT2D eigenvalue weighted by Crippen LogP contribution is -2.34. The number of H-pyrrole nitrogens is 1. The zero-order valence-electron chi connectivity index (χ0n) is 14.1. The lowest BCUT2D eigenvalue weighted by molar-refractivity contribution is -0.120. The third-order valence-electron chi connectivity index (χ3n) is 2.82. The summed E-state index contributed by atoms with van der Waals surface area (Å²) in [6.45, 7) is 7.89. The summed E-state index contributed by atoms with van der Waals surface area (Å²) >= 11 is 4.54. The number of benzene rings is 1. The molecule has 6 heteroatoms. The van der Waals surface area contributed by atoms with Gasteiger partial charge < -0.3 is 21.4 Å². The molecule has 0 aliphatic rings. The Morgan fingerprint density at radius 2 is 1.78 bits per heavy atom. The molecule has 5 nitrogen and oxygen atoms in total. The maximum absolute atomic E-state index is 11.6. The standard InChI is InChI=1S/C13H16N2O.C4H10N2S/c1-9(2)14-13(16)8-11-7-10-5-3-4-6-12(10)15-11;1-3(2)6-4(5)7/h3-7,9,15H,8H2,1-2H3,(H,14,16);3H,1-2H3,(H3,5,6,7). The van der Waals surface area contributed by atoms with Crippen molar-refractivity contribution in [3.8, 4) is 0 Å². The van der Waals surface area contributed by atoms with E-state index in [1.165, 1.54) is 0 Å². The Kier molecular flexibility index (Phi) is 7.54. The van der Waals surface area contributed by atoms with Crippen LogP contribution in [0.5, 0.6) is 0 Å². The molecule has 2 aromatic rings. The number of para-hydroxylation sites is 1. The predicted molar refractivity (Wildman–Crippen MR) is 100 cm³/mol. The van der Waals surface area contributed by atoms with E-state index >= 15 is 0 Å². The number of aromatic nitrogens is 1. The second kappa shape index (κ2) is 9.15. The molecular formula is C17H26N4OS. The van der Waals surface area contributed by atoms with Crippen molar-refractivity contribution in [3.05, 3.63) is 36.0 Å². The van der Waals surface area contributed by atoms with Crippen LogP contribution < -0.4 is 16.4 Å². The van der Waals surface area contributed by atoms with Crippen molar-refractivity contribution in [2.75, 3.05) is 0 Å². The molecule has 126 valence electrons. The molecule has 0 bridgehead atoms. The van der Waals surface area contributed by atoms with E-state index in [4.69, 9.17) is 5.73 Å². The summed E-state index contributed by atoms with van der Waals surface area (Å²) in [5, 5.41) is 7.21. The Hall–Kier alpha value is -2.08. The lowest BCUT2D eigenvalue weighted by atomic mass is 10.2. The topological polar surface area (TPSA) is 82.9 Å². The molecule has 0 unspecified atom stereocenters. The molecule has 5 N–H and O–H groups in total. The second-order valence-electron chi connectivity index (χ2n) is 5.94. The number of aromatic amines is 1.